The fourth-order valence-electron chi connectivity index (χ4n) is 10.7. The average Bonchev–Trinajstić information content (AvgIpc) is 3.14. The van der Waals surface area contributed by atoms with Crippen LogP contribution in [0.15, 0.2) is 59.4 Å². The summed E-state index contributed by atoms with van der Waals surface area (Å²) >= 11 is 0. The number of rotatable bonds is 25. The smallest absolute Gasteiger partial charge is 0.343 e. The number of fused-ring (bicyclic) bond motifs is 5. The Kier molecular flexibility index (Phi) is 18.2. The van der Waals surface area contributed by atoms with Gasteiger partial charge in [0.1, 0.15) is 24.5 Å². The first-order chi connectivity index (χ1) is 38.7. The molecule has 4 atom stereocenters. The van der Waals surface area contributed by atoms with Gasteiger partial charge in [-0.05, 0) is 73.8 Å². The molecule has 0 fully saturated rings. The van der Waals surface area contributed by atoms with E-state index < -0.39 is 109 Å². The fraction of sp³-hybridized carbons (Fsp3) is 0.429. The number of hydrogen-bond donors (Lipinski definition) is 8. The zero-order valence-corrected chi connectivity index (χ0v) is 44.7. The van der Waals surface area contributed by atoms with E-state index in [0.29, 0.717) is 58.9 Å². The first kappa shape index (κ1) is 58.4. The fourth-order valence-corrected chi connectivity index (χ4v) is 10.7. The number of aryl methyl sites for hydroxylation is 1. The van der Waals surface area contributed by atoms with Crippen LogP contribution in [-0.2, 0) is 84.3 Å². The summed E-state index contributed by atoms with van der Waals surface area (Å²) in [5.41, 5.74) is 6.67. The molecule has 0 bridgehead atoms. The lowest BCUT2D eigenvalue weighted by Crippen LogP contribution is -2.53. The molecular formula is C56H63FN10O14. The van der Waals surface area contributed by atoms with Crippen LogP contribution in [-0.4, -0.2) is 140 Å². The van der Waals surface area contributed by atoms with Crippen molar-refractivity contribution in [3.05, 3.63) is 110 Å². The Morgan fingerprint density at radius 1 is 0.877 bits per heavy atom. The summed E-state index contributed by atoms with van der Waals surface area (Å²) in [6, 6.07) is 7.83. The van der Waals surface area contributed by atoms with E-state index in [4.69, 9.17) is 15.5 Å². The molecule has 0 unspecified atom stereocenters. The Balaban J connectivity index is 0.875. The molecular weight excluding hydrogens is 1060 g/mol. The number of cyclic esters (lactones) is 1. The van der Waals surface area contributed by atoms with Crippen molar-refractivity contribution in [3.63, 3.8) is 0 Å². The predicted octanol–water partition coefficient (Wildman–Crippen LogP) is -0.353. The first-order valence-electron chi connectivity index (χ1n) is 26.7. The second kappa shape index (κ2) is 25.2. The molecule has 8 rings (SSSR count). The van der Waals surface area contributed by atoms with Gasteiger partial charge in [-0.25, -0.2) is 14.2 Å². The van der Waals surface area contributed by atoms with E-state index in [2.05, 4.69) is 26.6 Å². The number of primary amides is 1. The van der Waals surface area contributed by atoms with Crippen LogP contribution >= 0.6 is 0 Å². The summed E-state index contributed by atoms with van der Waals surface area (Å²) in [6.07, 6.45) is 3.98. The number of nitrogens with one attached hydrogen (secondary N) is 5. The van der Waals surface area contributed by atoms with E-state index in [1.165, 1.54) is 28.9 Å². The van der Waals surface area contributed by atoms with Crippen molar-refractivity contribution >= 4 is 70.0 Å². The highest BCUT2D eigenvalue weighted by Crippen LogP contribution is 2.46. The minimum absolute atomic E-state index is 0.0226. The lowest BCUT2D eigenvalue weighted by molar-refractivity contribution is -0.172. The van der Waals surface area contributed by atoms with Gasteiger partial charge >= 0.3 is 5.97 Å². The van der Waals surface area contributed by atoms with Crippen molar-refractivity contribution in [3.8, 4) is 11.4 Å². The zero-order valence-electron chi connectivity index (χ0n) is 44.7. The number of hydrogen-bond acceptors (Lipinski definition) is 15. The summed E-state index contributed by atoms with van der Waals surface area (Å²) in [7, 11) is 0. The third kappa shape index (κ3) is 12.8. The highest BCUT2D eigenvalue weighted by molar-refractivity contribution is 6.12. The van der Waals surface area contributed by atoms with E-state index in [9.17, 15) is 63.0 Å². The number of carbonyl (C=O) groups excluding carboxylic acids is 10. The van der Waals surface area contributed by atoms with Gasteiger partial charge in [0.15, 0.2) is 5.60 Å². The molecule has 4 aromatic rings. The minimum Gasteiger partial charge on any atom is -0.458 e. The van der Waals surface area contributed by atoms with Gasteiger partial charge in [-0.1, -0.05) is 43.7 Å². The number of nitrogens with two attached hydrogens (primary N) is 1. The lowest BCUT2D eigenvalue weighted by atomic mass is 9.81. The van der Waals surface area contributed by atoms with Crippen LogP contribution in [0.3, 0.4) is 0 Å². The van der Waals surface area contributed by atoms with Gasteiger partial charge in [0, 0.05) is 67.1 Å². The molecule has 3 aliphatic heterocycles. The molecule has 5 heterocycles. The predicted molar refractivity (Wildman–Crippen MR) is 285 cm³/mol. The summed E-state index contributed by atoms with van der Waals surface area (Å²) in [6.45, 7) is 0.365. The van der Waals surface area contributed by atoms with E-state index in [1.54, 1.807) is 44.2 Å². The number of imide groups is 1. The number of unbranched alkanes of at least 4 members (excludes halogenated alkanes) is 2. The number of ether oxygens (including phenoxy) is 1. The largest absolute Gasteiger partial charge is 0.458 e. The van der Waals surface area contributed by atoms with Gasteiger partial charge in [-0.3, -0.25) is 52.8 Å². The molecule has 2 aromatic carbocycles. The molecule has 24 nitrogen and oxygen atoms in total. The number of amides is 9. The Morgan fingerprint density at radius 3 is 2.27 bits per heavy atom. The minimum atomic E-state index is -2.10. The van der Waals surface area contributed by atoms with Crippen molar-refractivity contribution in [1.82, 2.24) is 45.9 Å². The molecule has 428 valence electrons. The van der Waals surface area contributed by atoms with Crippen molar-refractivity contribution in [2.24, 2.45) is 5.73 Å². The third-order valence-corrected chi connectivity index (χ3v) is 15.0. The maximum absolute atomic E-state index is 15.5. The molecule has 0 saturated carbocycles. The number of aromatic nitrogens is 2. The molecule has 9 amide bonds. The maximum atomic E-state index is 15.5. The van der Waals surface area contributed by atoms with Crippen LogP contribution < -0.4 is 37.9 Å². The van der Waals surface area contributed by atoms with Gasteiger partial charge in [0.2, 0.25) is 41.4 Å². The van der Waals surface area contributed by atoms with Crippen molar-refractivity contribution < 1.29 is 67.3 Å². The quantitative estimate of drug-likeness (QED) is 0.0210. The number of nitrogens with zero attached hydrogens (tertiary/aromatic N) is 4. The van der Waals surface area contributed by atoms with E-state index in [1.807, 2.05) is 0 Å². The number of carbonyl (C=O) groups is 10. The van der Waals surface area contributed by atoms with E-state index in [0.717, 1.165) is 9.80 Å². The Morgan fingerprint density at radius 2 is 1.57 bits per heavy atom. The van der Waals surface area contributed by atoms with Crippen molar-refractivity contribution in [1.29, 1.82) is 0 Å². The monoisotopic (exact) mass is 1120 g/mol. The van der Waals surface area contributed by atoms with Gasteiger partial charge in [-0.15, -0.1) is 0 Å². The van der Waals surface area contributed by atoms with Gasteiger partial charge in [0.05, 0.1) is 61.3 Å². The number of halogens is 1. The summed E-state index contributed by atoms with van der Waals surface area (Å²) in [5, 5.41) is 35.4. The summed E-state index contributed by atoms with van der Waals surface area (Å²) < 4.78 is 22.1. The number of aliphatic hydroxyl groups is 2. The van der Waals surface area contributed by atoms with Crippen LogP contribution in [0.25, 0.3) is 22.3 Å². The number of esters is 1. The molecule has 81 heavy (non-hydrogen) atoms. The molecule has 0 saturated heterocycles. The van der Waals surface area contributed by atoms with Crippen LogP contribution in [0, 0.1) is 12.7 Å². The van der Waals surface area contributed by atoms with Gasteiger partial charge in [0.25, 0.3) is 17.4 Å². The molecule has 25 heteroatoms. The van der Waals surface area contributed by atoms with Crippen LogP contribution in [0.2, 0.25) is 0 Å². The van der Waals surface area contributed by atoms with E-state index >= 15 is 4.39 Å². The SMILES string of the molecule is CC[C@@]1(O)C(=O)OCc2c1cc1n(c2=O)Cc2c-1nc1cc(F)c(C)c3c1c2[C@@H](NC(=O)[C@H](CO)NC(=O)CCCN(CC(N)=O)C(=O)[C@H](Cc1ccccc1)NC(=O)CNC(=O)CNC(=O)CCCCCN1C(=O)C=CC1=O)CC3. The molecule has 4 aliphatic rings. The topological polar surface area (TPSA) is 348 Å². The zero-order chi connectivity index (χ0) is 58.3. The standard InChI is InChI=1S/C56H63FN10O14/c1-3-56(80)35-22-41-51-33(26-67(41)53(77)34(35)29-81-55(56)79)50-37(16-15-32-30(2)36(57)23-38(63-51)49(32)50)64-52(76)40(28-68)62-44(71)14-10-19-65(27-42(58)69)54(78)39(21-31-11-6-4-7-12-31)61-46(73)25-60-45(72)24-59-43(70)13-8-5-9-20-66-47(74)17-18-48(66)75/h4,6-7,11-12,17-18,22-23,37,39-40,68,80H,3,5,8-10,13-16,19-21,24-29H2,1-2H3,(H2,58,69)(H,59,70)(H,60,72)(H,61,73)(H,62,71)(H,64,76)/t37-,39-,40-,56-/m0/s1. The highest BCUT2D eigenvalue weighted by Gasteiger charge is 2.46. The second-order valence-corrected chi connectivity index (χ2v) is 20.4. The Bertz CT molecular complexity index is 3310. The van der Waals surface area contributed by atoms with Crippen molar-refractivity contribution in [2.45, 2.75) is 115 Å². The average molecular weight is 1120 g/mol. The normalized spacial score (nSPS) is 17.3. The first-order valence-corrected chi connectivity index (χ1v) is 26.7. The molecule has 0 radical (unpaired) electrons. The molecule has 2 aromatic heterocycles. The summed E-state index contributed by atoms with van der Waals surface area (Å²) in [5.74, 6) is -7.21. The molecule has 0 spiro atoms. The highest BCUT2D eigenvalue weighted by atomic mass is 19.1. The van der Waals surface area contributed by atoms with Crippen molar-refractivity contribution in [2.75, 3.05) is 39.3 Å². The van der Waals surface area contributed by atoms with Gasteiger partial charge < -0.3 is 56.7 Å². The molecule has 9 N–H and O–H groups in total. The maximum Gasteiger partial charge on any atom is 0.343 e. The third-order valence-electron chi connectivity index (χ3n) is 15.0. The van der Waals surface area contributed by atoms with Crippen LogP contribution in [0.4, 0.5) is 4.39 Å². The summed E-state index contributed by atoms with van der Waals surface area (Å²) in [4.78, 5) is 149. The number of aliphatic hydroxyl groups excluding tert-OH is 1. The van der Waals surface area contributed by atoms with Crippen LogP contribution in [0.1, 0.15) is 103 Å². The molecule has 1 aliphatic carbocycles. The second-order valence-electron chi connectivity index (χ2n) is 20.4. The lowest BCUT2D eigenvalue weighted by Gasteiger charge is -2.31. The Labute approximate surface area is 463 Å². The van der Waals surface area contributed by atoms with Crippen LogP contribution in [0.5, 0.6) is 0 Å². The number of pyridine rings is 2. The van der Waals surface area contributed by atoms with E-state index in [-0.39, 0.29) is 105 Å². The number of benzene rings is 2. The van der Waals surface area contributed by atoms with Gasteiger partial charge in [-0.2, -0.15) is 0 Å². The Hall–Kier alpha value is -8.71.